The Labute approximate surface area is 92.0 Å². The summed E-state index contributed by atoms with van der Waals surface area (Å²) in [6.45, 7) is 2.08. The third-order valence-electron chi connectivity index (χ3n) is 1.96. The lowest BCUT2D eigenvalue weighted by atomic mass is 10.2. The number of anilines is 1. The van der Waals surface area contributed by atoms with Crippen LogP contribution in [0, 0.1) is 21.4 Å². The largest absolute Gasteiger partial charge is 0.361 e. The number of nitrogens with one attached hydrogen (secondary N) is 1. The number of aromatic nitrogens is 1. The van der Waals surface area contributed by atoms with E-state index in [1.54, 1.807) is 13.0 Å². The SMILES string of the molecule is CC(CN)Nc1nccc(C#N)c1[N+](=O)[O-]. The topological polar surface area (TPSA) is 118 Å². The van der Waals surface area contributed by atoms with Gasteiger partial charge >= 0.3 is 5.69 Å². The van der Waals surface area contributed by atoms with Gasteiger partial charge in [-0.3, -0.25) is 10.1 Å². The molecule has 0 amide bonds. The minimum atomic E-state index is -0.628. The van der Waals surface area contributed by atoms with E-state index in [0.29, 0.717) is 6.54 Å². The molecular formula is C9H11N5O2. The summed E-state index contributed by atoms with van der Waals surface area (Å²) in [5.74, 6) is 0.0713. The average Bonchev–Trinajstić information content (AvgIpc) is 2.28. The van der Waals surface area contributed by atoms with Crippen LogP contribution in [0.4, 0.5) is 11.5 Å². The number of hydrogen-bond acceptors (Lipinski definition) is 6. The lowest BCUT2D eigenvalue weighted by molar-refractivity contribution is -0.384. The van der Waals surface area contributed by atoms with Gasteiger partial charge in [-0.05, 0) is 13.0 Å². The van der Waals surface area contributed by atoms with E-state index in [9.17, 15) is 10.1 Å². The van der Waals surface area contributed by atoms with Crippen LogP contribution in [0.25, 0.3) is 0 Å². The number of nitro groups is 1. The zero-order valence-corrected chi connectivity index (χ0v) is 8.67. The summed E-state index contributed by atoms with van der Waals surface area (Å²) < 4.78 is 0. The first-order chi connectivity index (χ1) is 7.60. The molecule has 0 aliphatic heterocycles. The zero-order chi connectivity index (χ0) is 12.1. The molecule has 0 spiro atoms. The normalized spacial score (nSPS) is 11.6. The van der Waals surface area contributed by atoms with Gasteiger partial charge in [0.25, 0.3) is 0 Å². The number of nitrogens with zero attached hydrogens (tertiary/aromatic N) is 3. The highest BCUT2D eigenvalue weighted by Crippen LogP contribution is 2.25. The molecular weight excluding hydrogens is 210 g/mol. The molecule has 1 unspecified atom stereocenters. The number of nitrogens with two attached hydrogens (primary N) is 1. The average molecular weight is 221 g/mol. The van der Waals surface area contributed by atoms with Crippen LogP contribution in [0.3, 0.4) is 0 Å². The predicted octanol–water partition coefficient (Wildman–Crippen LogP) is 0.621. The van der Waals surface area contributed by atoms with Crippen LogP contribution in [0.1, 0.15) is 12.5 Å². The highest BCUT2D eigenvalue weighted by molar-refractivity contribution is 5.64. The molecule has 1 atom stereocenters. The Morgan fingerprint density at radius 2 is 2.50 bits per heavy atom. The number of rotatable bonds is 4. The van der Waals surface area contributed by atoms with Gasteiger partial charge < -0.3 is 11.1 Å². The second-order valence-corrected chi connectivity index (χ2v) is 3.21. The van der Waals surface area contributed by atoms with Crippen LogP contribution in [-0.4, -0.2) is 22.5 Å². The zero-order valence-electron chi connectivity index (χ0n) is 8.67. The van der Waals surface area contributed by atoms with Gasteiger partial charge in [0.05, 0.1) is 4.92 Å². The molecule has 0 bridgehead atoms. The maximum Gasteiger partial charge on any atom is 0.328 e. The van der Waals surface area contributed by atoms with Crippen LogP contribution in [0.15, 0.2) is 12.3 Å². The maximum atomic E-state index is 10.8. The third kappa shape index (κ3) is 2.43. The molecule has 0 aliphatic carbocycles. The molecule has 7 nitrogen and oxygen atoms in total. The molecule has 0 radical (unpaired) electrons. The quantitative estimate of drug-likeness (QED) is 0.568. The Morgan fingerprint density at radius 3 is 3.00 bits per heavy atom. The van der Waals surface area contributed by atoms with E-state index in [-0.39, 0.29) is 23.1 Å². The summed E-state index contributed by atoms with van der Waals surface area (Å²) in [7, 11) is 0. The van der Waals surface area contributed by atoms with Crippen LogP contribution >= 0.6 is 0 Å². The summed E-state index contributed by atoms with van der Waals surface area (Å²) in [6, 6.07) is 2.91. The molecule has 0 aromatic carbocycles. The van der Waals surface area contributed by atoms with E-state index in [1.807, 2.05) is 0 Å². The van der Waals surface area contributed by atoms with Crippen molar-refractivity contribution in [2.45, 2.75) is 13.0 Å². The first-order valence-corrected chi connectivity index (χ1v) is 4.60. The van der Waals surface area contributed by atoms with E-state index in [1.165, 1.54) is 12.3 Å². The summed E-state index contributed by atoms with van der Waals surface area (Å²) in [5, 5.41) is 22.4. The van der Waals surface area contributed by atoms with Crippen molar-refractivity contribution in [2.24, 2.45) is 5.73 Å². The van der Waals surface area contributed by atoms with Crippen LogP contribution in [0.2, 0.25) is 0 Å². The Bertz CT molecular complexity index is 440. The molecule has 1 heterocycles. The van der Waals surface area contributed by atoms with Crippen molar-refractivity contribution >= 4 is 11.5 Å². The van der Waals surface area contributed by atoms with Gasteiger partial charge in [0.2, 0.25) is 5.82 Å². The summed E-state index contributed by atoms with van der Waals surface area (Å²) in [6.07, 6.45) is 1.34. The molecule has 0 saturated heterocycles. The molecule has 3 N–H and O–H groups in total. The standard InChI is InChI=1S/C9H11N5O2/c1-6(4-10)13-9-8(14(15)16)7(5-11)2-3-12-9/h2-3,6H,4,10H2,1H3,(H,12,13). The van der Waals surface area contributed by atoms with Crippen molar-refractivity contribution in [2.75, 3.05) is 11.9 Å². The molecule has 0 fully saturated rings. The molecule has 1 aromatic rings. The van der Waals surface area contributed by atoms with Crippen molar-refractivity contribution in [1.29, 1.82) is 5.26 Å². The fourth-order valence-electron chi connectivity index (χ4n) is 1.13. The second-order valence-electron chi connectivity index (χ2n) is 3.21. The van der Waals surface area contributed by atoms with Gasteiger partial charge in [-0.1, -0.05) is 0 Å². The fourth-order valence-corrected chi connectivity index (χ4v) is 1.13. The van der Waals surface area contributed by atoms with E-state index in [4.69, 9.17) is 11.0 Å². The maximum absolute atomic E-state index is 10.8. The minimum Gasteiger partial charge on any atom is -0.361 e. The van der Waals surface area contributed by atoms with Gasteiger partial charge in [0.1, 0.15) is 11.6 Å². The van der Waals surface area contributed by atoms with Crippen molar-refractivity contribution in [3.05, 3.63) is 27.9 Å². The third-order valence-corrected chi connectivity index (χ3v) is 1.96. The molecule has 16 heavy (non-hydrogen) atoms. The minimum absolute atomic E-state index is 0.0216. The Balaban J connectivity index is 3.18. The van der Waals surface area contributed by atoms with Crippen molar-refractivity contribution in [3.63, 3.8) is 0 Å². The molecule has 7 heteroatoms. The number of hydrogen-bond donors (Lipinski definition) is 2. The van der Waals surface area contributed by atoms with Crippen LogP contribution in [-0.2, 0) is 0 Å². The number of pyridine rings is 1. The summed E-state index contributed by atoms with van der Waals surface area (Å²) in [4.78, 5) is 14.0. The first-order valence-electron chi connectivity index (χ1n) is 4.60. The molecule has 1 aromatic heterocycles. The highest BCUT2D eigenvalue weighted by atomic mass is 16.6. The number of nitriles is 1. The lowest BCUT2D eigenvalue weighted by Crippen LogP contribution is -2.26. The summed E-state index contributed by atoms with van der Waals surface area (Å²) >= 11 is 0. The second kappa shape index (κ2) is 5.04. The van der Waals surface area contributed by atoms with Gasteiger partial charge in [0, 0.05) is 18.8 Å². The van der Waals surface area contributed by atoms with E-state index < -0.39 is 4.92 Å². The van der Waals surface area contributed by atoms with Crippen molar-refractivity contribution in [3.8, 4) is 6.07 Å². The van der Waals surface area contributed by atoms with Crippen LogP contribution < -0.4 is 11.1 Å². The Hall–Kier alpha value is -2.20. The molecule has 1 rings (SSSR count). The van der Waals surface area contributed by atoms with Crippen molar-refractivity contribution < 1.29 is 4.92 Å². The highest BCUT2D eigenvalue weighted by Gasteiger charge is 2.21. The van der Waals surface area contributed by atoms with Gasteiger partial charge in [-0.2, -0.15) is 5.26 Å². The van der Waals surface area contributed by atoms with E-state index in [0.717, 1.165) is 0 Å². The fraction of sp³-hybridized carbons (Fsp3) is 0.333. The molecule has 0 aliphatic rings. The van der Waals surface area contributed by atoms with Gasteiger partial charge in [-0.15, -0.1) is 0 Å². The Kier molecular flexibility index (Phi) is 3.74. The van der Waals surface area contributed by atoms with Gasteiger partial charge in [0.15, 0.2) is 0 Å². The smallest absolute Gasteiger partial charge is 0.328 e. The van der Waals surface area contributed by atoms with Crippen LogP contribution in [0.5, 0.6) is 0 Å². The predicted molar refractivity (Wildman–Crippen MR) is 57.7 cm³/mol. The molecule has 0 saturated carbocycles. The van der Waals surface area contributed by atoms with Gasteiger partial charge in [-0.25, -0.2) is 4.98 Å². The Morgan fingerprint density at radius 1 is 1.81 bits per heavy atom. The summed E-state index contributed by atoms with van der Waals surface area (Å²) in [5.41, 5.74) is 5.06. The monoisotopic (exact) mass is 221 g/mol. The first kappa shape index (κ1) is 11.9. The van der Waals surface area contributed by atoms with Crippen molar-refractivity contribution in [1.82, 2.24) is 4.98 Å². The van der Waals surface area contributed by atoms with E-state index in [2.05, 4.69) is 10.3 Å². The lowest BCUT2D eigenvalue weighted by Gasteiger charge is -2.11. The van der Waals surface area contributed by atoms with E-state index >= 15 is 0 Å². The molecule has 84 valence electrons.